The lowest BCUT2D eigenvalue weighted by atomic mass is 10.0. The van der Waals surface area contributed by atoms with Gasteiger partial charge in [0.05, 0.1) is 16.8 Å². The summed E-state index contributed by atoms with van der Waals surface area (Å²) in [6.07, 6.45) is 3.56. The van der Waals surface area contributed by atoms with Crippen molar-refractivity contribution in [1.29, 1.82) is 0 Å². The molecule has 0 saturated carbocycles. The number of aliphatic hydroxyl groups excluding tert-OH is 1. The van der Waals surface area contributed by atoms with Crippen LogP contribution in [-0.2, 0) is 4.79 Å². The molecule has 5 heteroatoms. The van der Waals surface area contributed by atoms with E-state index in [1.54, 1.807) is 24.3 Å². The van der Waals surface area contributed by atoms with Crippen molar-refractivity contribution in [1.82, 2.24) is 10.3 Å². The van der Waals surface area contributed by atoms with E-state index in [4.69, 9.17) is 0 Å². The predicted octanol–water partition coefficient (Wildman–Crippen LogP) is 1.99. The van der Waals surface area contributed by atoms with Crippen molar-refractivity contribution in [3.05, 3.63) is 22.2 Å². The molecule has 4 nitrogen and oxygen atoms in total. The van der Waals surface area contributed by atoms with Crippen molar-refractivity contribution in [3.63, 3.8) is 0 Å². The first kappa shape index (κ1) is 14.9. The fraction of sp³-hybridized carbons (Fsp3) is 0.538. The van der Waals surface area contributed by atoms with Crippen LogP contribution in [0.3, 0.4) is 0 Å². The van der Waals surface area contributed by atoms with E-state index in [0.29, 0.717) is 13.0 Å². The Morgan fingerprint density at radius 2 is 2.33 bits per heavy atom. The number of nitrogens with zero attached hydrogens (tertiary/aromatic N) is 1. The Balaban J connectivity index is 2.31. The Hall–Kier alpha value is -1.20. The van der Waals surface area contributed by atoms with Crippen LogP contribution in [0.1, 0.15) is 31.0 Å². The van der Waals surface area contributed by atoms with Crippen LogP contribution in [0.15, 0.2) is 11.5 Å². The molecule has 0 spiro atoms. The molecule has 0 aliphatic heterocycles. The average Bonchev–Trinajstić information content (AvgIpc) is 2.69. The predicted molar refractivity (Wildman–Crippen MR) is 74.4 cm³/mol. The molecule has 1 heterocycles. The third kappa shape index (κ3) is 5.93. The summed E-state index contributed by atoms with van der Waals surface area (Å²) < 4.78 is 0. The Kier molecular flexibility index (Phi) is 6.01. The highest BCUT2D eigenvalue weighted by molar-refractivity contribution is 7.09. The monoisotopic (exact) mass is 268 g/mol. The largest absolute Gasteiger partial charge is 0.393 e. The molecule has 0 aliphatic carbocycles. The van der Waals surface area contributed by atoms with Crippen molar-refractivity contribution in [2.75, 3.05) is 6.54 Å². The van der Waals surface area contributed by atoms with E-state index in [0.717, 1.165) is 10.7 Å². The summed E-state index contributed by atoms with van der Waals surface area (Å²) in [4.78, 5) is 15.8. The van der Waals surface area contributed by atoms with Crippen LogP contribution in [0.25, 0.3) is 6.08 Å². The van der Waals surface area contributed by atoms with Crippen LogP contribution >= 0.6 is 11.3 Å². The number of rotatable bonds is 6. The van der Waals surface area contributed by atoms with Crippen molar-refractivity contribution >= 4 is 23.3 Å². The summed E-state index contributed by atoms with van der Waals surface area (Å²) >= 11 is 1.56. The maximum absolute atomic E-state index is 11.5. The Labute approximate surface area is 112 Å². The molecule has 18 heavy (non-hydrogen) atoms. The van der Waals surface area contributed by atoms with Crippen molar-refractivity contribution in [2.45, 2.75) is 33.3 Å². The second-order valence-electron chi connectivity index (χ2n) is 4.56. The van der Waals surface area contributed by atoms with Gasteiger partial charge in [0.1, 0.15) is 0 Å². The van der Waals surface area contributed by atoms with Crippen LogP contribution in [0.5, 0.6) is 0 Å². The lowest BCUT2D eigenvalue weighted by molar-refractivity contribution is -0.116. The van der Waals surface area contributed by atoms with Gasteiger partial charge < -0.3 is 10.4 Å². The van der Waals surface area contributed by atoms with Gasteiger partial charge in [0, 0.05) is 18.0 Å². The number of hydrogen-bond acceptors (Lipinski definition) is 4. The molecule has 0 saturated heterocycles. The topological polar surface area (TPSA) is 62.2 Å². The molecule has 1 amide bonds. The van der Waals surface area contributed by atoms with E-state index in [9.17, 15) is 9.90 Å². The number of carbonyl (C=O) groups is 1. The second-order valence-corrected chi connectivity index (χ2v) is 5.62. The number of hydrogen-bond donors (Lipinski definition) is 2. The van der Waals surface area contributed by atoms with Crippen LogP contribution in [-0.4, -0.2) is 28.6 Å². The summed E-state index contributed by atoms with van der Waals surface area (Å²) in [5.41, 5.74) is 0.810. The number of aliphatic hydroxyl groups is 1. The van der Waals surface area contributed by atoms with Gasteiger partial charge in [-0.25, -0.2) is 4.98 Å². The number of aromatic nitrogens is 1. The van der Waals surface area contributed by atoms with Gasteiger partial charge in [-0.15, -0.1) is 11.3 Å². The molecule has 0 fully saturated rings. The smallest absolute Gasteiger partial charge is 0.244 e. The van der Waals surface area contributed by atoms with E-state index in [-0.39, 0.29) is 17.9 Å². The molecule has 1 rings (SSSR count). The molecule has 1 aromatic rings. The molecule has 2 atom stereocenters. The molecule has 0 aromatic carbocycles. The number of carbonyl (C=O) groups excluding carboxylic acids is 1. The molecule has 100 valence electrons. The SMILES string of the molecule is Cc1nc(C=CC(=O)NCC(C)CC(C)O)cs1. The number of aryl methyl sites for hydroxylation is 1. The highest BCUT2D eigenvalue weighted by Gasteiger charge is 2.06. The van der Waals surface area contributed by atoms with Gasteiger partial charge in [-0.2, -0.15) is 0 Å². The van der Waals surface area contributed by atoms with Crippen molar-refractivity contribution in [3.8, 4) is 0 Å². The highest BCUT2D eigenvalue weighted by atomic mass is 32.1. The minimum Gasteiger partial charge on any atom is -0.393 e. The molecule has 1 aromatic heterocycles. The van der Waals surface area contributed by atoms with E-state index in [2.05, 4.69) is 10.3 Å². The lowest BCUT2D eigenvalue weighted by Gasteiger charge is -2.13. The fourth-order valence-corrected chi connectivity index (χ4v) is 2.20. The van der Waals surface area contributed by atoms with Gasteiger partial charge in [0.25, 0.3) is 0 Å². The normalized spacial score (nSPS) is 14.7. The quantitative estimate of drug-likeness (QED) is 0.776. The first-order chi connectivity index (χ1) is 8.47. The zero-order valence-corrected chi connectivity index (χ0v) is 11.8. The van der Waals surface area contributed by atoms with Gasteiger partial charge in [-0.1, -0.05) is 6.92 Å². The standard InChI is InChI=1S/C13H20N2O2S/c1-9(6-10(2)16)7-14-13(17)5-4-12-8-18-11(3)15-12/h4-5,8-10,16H,6-7H2,1-3H3,(H,14,17). The van der Waals surface area contributed by atoms with Crippen LogP contribution in [0.2, 0.25) is 0 Å². The number of amides is 1. The zero-order chi connectivity index (χ0) is 13.5. The third-order valence-corrected chi connectivity index (χ3v) is 3.20. The summed E-state index contributed by atoms with van der Waals surface area (Å²) in [5.74, 6) is 0.141. The second kappa shape index (κ2) is 7.28. The number of nitrogens with one attached hydrogen (secondary N) is 1. The summed E-state index contributed by atoms with van der Waals surface area (Å²) in [6.45, 7) is 6.26. The van der Waals surface area contributed by atoms with Crippen LogP contribution in [0.4, 0.5) is 0 Å². The van der Waals surface area contributed by atoms with Gasteiger partial charge in [-0.3, -0.25) is 4.79 Å². The lowest BCUT2D eigenvalue weighted by Crippen LogP contribution is -2.27. The summed E-state index contributed by atoms with van der Waals surface area (Å²) in [7, 11) is 0. The first-order valence-electron chi connectivity index (χ1n) is 6.03. The summed E-state index contributed by atoms with van der Waals surface area (Å²) in [5, 5.41) is 14.9. The maximum Gasteiger partial charge on any atom is 0.244 e. The molecular weight excluding hydrogens is 248 g/mol. The Morgan fingerprint density at radius 1 is 1.61 bits per heavy atom. The van der Waals surface area contributed by atoms with Gasteiger partial charge in [0.15, 0.2) is 0 Å². The fourth-order valence-electron chi connectivity index (χ4n) is 1.62. The van der Waals surface area contributed by atoms with E-state index in [1.807, 2.05) is 19.2 Å². The minimum absolute atomic E-state index is 0.127. The highest BCUT2D eigenvalue weighted by Crippen LogP contribution is 2.09. The van der Waals surface area contributed by atoms with E-state index < -0.39 is 0 Å². The van der Waals surface area contributed by atoms with E-state index >= 15 is 0 Å². The third-order valence-electron chi connectivity index (χ3n) is 2.41. The van der Waals surface area contributed by atoms with Gasteiger partial charge in [-0.05, 0) is 32.3 Å². The maximum atomic E-state index is 11.5. The summed E-state index contributed by atoms with van der Waals surface area (Å²) in [6, 6.07) is 0. The average molecular weight is 268 g/mol. The van der Waals surface area contributed by atoms with Crippen LogP contribution in [0, 0.1) is 12.8 Å². The van der Waals surface area contributed by atoms with E-state index in [1.165, 1.54) is 6.08 Å². The van der Waals surface area contributed by atoms with Gasteiger partial charge in [0.2, 0.25) is 5.91 Å². The molecule has 0 bridgehead atoms. The molecule has 2 N–H and O–H groups in total. The molecule has 0 radical (unpaired) electrons. The zero-order valence-electron chi connectivity index (χ0n) is 11.0. The Morgan fingerprint density at radius 3 is 2.89 bits per heavy atom. The molecule has 0 aliphatic rings. The Bertz CT molecular complexity index is 413. The van der Waals surface area contributed by atoms with Crippen molar-refractivity contribution in [2.24, 2.45) is 5.92 Å². The minimum atomic E-state index is -0.328. The van der Waals surface area contributed by atoms with Gasteiger partial charge >= 0.3 is 0 Å². The molecule has 2 unspecified atom stereocenters. The molecular formula is C13H20N2O2S. The van der Waals surface area contributed by atoms with Crippen molar-refractivity contribution < 1.29 is 9.90 Å². The van der Waals surface area contributed by atoms with Crippen LogP contribution < -0.4 is 5.32 Å². The first-order valence-corrected chi connectivity index (χ1v) is 6.91. The number of thiazole rings is 1.